The van der Waals surface area contributed by atoms with Crippen molar-refractivity contribution < 1.29 is 9.59 Å². The molecule has 3 aliphatic rings. The Labute approximate surface area is 96.0 Å². The summed E-state index contributed by atoms with van der Waals surface area (Å²) in [6, 6.07) is 0. The fourth-order valence-electron chi connectivity index (χ4n) is 4.67. The van der Waals surface area contributed by atoms with Crippen molar-refractivity contribution in [3.8, 4) is 0 Å². The SMILES string of the molecule is CCC1C(=O)NC(=O)CC12CC1CCC2C1. The van der Waals surface area contributed by atoms with Gasteiger partial charge in [-0.2, -0.15) is 0 Å². The summed E-state index contributed by atoms with van der Waals surface area (Å²) in [5.41, 5.74) is 0.0388. The number of hydrogen-bond acceptors (Lipinski definition) is 2. The molecule has 4 unspecified atom stereocenters. The Bertz CT molecular complexity index is 352. The van der Waals surface area contributed by atoms with E-state index < -0.39 is 0 Å². The third-order valence-corrected chi connectivity index (χ3v) is 5.19. The molecule has 3 nitrogen and oxygen atoms in total. The van der Waals surface area contributed by atoms with Crippen LogP contribution in [-0.4, -0.2) is 11.8 Å². The van der Waals surface area contributed by atoms with E-state index >= 15 is 0 Å². The smallest absolute Gasteiger partial charge is 0.230 e. The number of carbonyl (C=O) groups excluding carboxylic acids is 2. The first-order valence-corrected chi connectivity index (χ1v) is 6.49. The fraction of sp³-hybridized carbons (Fsp3) is 0.846. The number of nitrogens with one attached hydrogen (secondary N) is 1. The minimum Gasteiger partial charge on any atom is -0.296 e. The van der Waals surface area contributed by atoms with E-state index in [2.05, 4.69) is 12.2 Å². The van der Waals surface area contributed by atoms with Crippen LogP contribution in [0.4, 0.5) is 0 Å². The van der Waals surface area contributed by atoms with Gasteiger partial charge in [-0.1, -0.05) is 13.3 Å². The Kier molecular flexibility index (Phi) is 2.13. The number of carbonyl (C=O) groups is 2. The highest BCUT2D eigenvalue weighted by Gasteiger charge is 2.58. The second-order valence-corrected chi connectivity index (χ2v) is 5.86. The molecule has 16 heavy (non-hydrogen) atoms. The van der Waals surface area contributed by atoms with Crippen LogP contribution >= 0.6 is 0 Å². The molecule has 1 N–H and O–H groups in total. The van der Waals surface area contributed by atoms with Crippen LogP contribution in [0.1, 0.15) is 45.4 Å². The van der Waals surface area contributed by atoms with Gasteiger partial charge < -0.3 is 0 Å². The van der Waals surface area contributed by atoms with Gasteiger partial charge in [0.1, 0.15) is 0 Å². The molecule has 1 heterocycles. The average Bonchev–Trinajstić information content (AvgIpc) is 2.76. The van der Waals surface area contributed by atoms with E-state index in [1.807, 2.05) is 0 Å². The first kappa shape index (κ1) is 10.3. The van der Waals surface area contributed by atoms with Crippen LogP contribution in [0.15, 0.2) is 0 Å². The standard InChI is InChI=1S/C13H19NO2/c1-2-10-12(16)14-11(15)7-13(10)6-8-3-4-9(13)5-8/h8-10H,2-7H2,1H3,(H,14,15,16). The Morgan fingerprint density at radius 3 is 2.75 bits per heavy atom. The maximum Gasteiger partial charge on any atom is 0.230 e. The number of hydrogen-bond donors (Lipinski definition) is 1. The highest BCUT2D eigenvalue weighted by atomic mass is 16.2. The lowest BCUT2D eigenvalue weighted by Gasteiger charge is -2.45. The average molecular weight is 221 g/mol. The molecule has 3 heteroatoms. The predicted octanol–water partition coefficient (Wildman–Crippen LogP) is 1.87. The van der Waals surface area contributed by atoms with E-state index in [1.165, 1.54) is 19.3 Å². The van der Waals surface area contributed by atoms with Crippen LogP contribution < -0.4 is 5.32 Å². The molecule has 4 atom stereocenters. The normalized spacial score (nSPS) is 46.4. The minimum absolute atomic E-state index is 0.00806. The van der Waals surface area contributed by atoms with Gasteiger partial charge in [0.25, 0.3) is 0 Å². The van der Waals surface area contributed by atoms with Gasteiger partial charge in [-0.3, -0.25) is 14.9 Å². The van der Waals surface area contributed by atoms with Crippen molar-refractivity contribution in [2.45, 2.75) is 45.4 Å². The summed E-state index contributed by atoms with van der Waals surface area (Å²) in [5.74, 6) is 1.46. The van der Waals surface area contributed by atoms with Gasteiger partial charge in [0.05, 0.1) is 0 Å². The van der Waals surface area contributed by atoms with Crippen LogP contribution in [0.2, 0.25) is 0 Å². The molecule has 0 aromatic rings. The van der Waals surface area contributed by atoms with Crippen LogP contribution in [0, 0.1) is 23.2 Å². The van der Waals surface area contributed by atoms with E-state index in [4.69, 9.17) is 0 Å². The molecule has 1 aliphatic heterocycles. The Balaban J connectivity index is 1.96. The zero-order valence-electron chi connectivity index (χ0n) is 9.79. The second-order valence-electron chi connectivity index (χ2n) is 5.86. The van der Waals surface area contributed by atoms with Gasteiger partial charge in [-0.05, 0) is 42.9 Å². The molecule has 1 saturated heterocycles. The molecule has 2 saturated carbocycles. The van der Waals surface area contributed by atoms with Gasteiger partial charge in [0.15, 0.2) is 0 Å². The van der Waals surface area contributed by atoms with Gasteiger partial charge in [-0.15, -0.1) is 0 Å². The van der Waals surface area contributed by atoms with Gasteiger partial charge in [-0.25, -0.2) is 0 Å². The summed E-state index contributed by atoms with van der Waals surface area (Å²) in [6.07, 6.45) is 6.41. The first-order valence-electron chi connectivity index (χ1n) is 6.49. The topological polar surface area (TPSA) is 46.2 Å². The first-order chi connectivity index (χ1) is 7.65. The summed E-state index contributed by atoms with van der Waals surface area (Å²) in [6.45, 7) is 2.08. The van der Waals surface area contributed by atoms with Crippen LogP contribution in [0.3, 0.4) is 0 Å². The van der Waals surface area contributed by atoms with Gasteiger partial charge in [0.2, 0.25) is 11.8 Å². The van der Waals surface area contributed by atoms with Gasteiger partial charge >= 0.3 is 0 Å². The largest absolute Gasteiger partial charge is 0.296 e. The number of amides is 2. The molecule has 1 spiro atoms. The third kappa shape index (κ3) is 1.20. The van der Waals surface area contributed by atoms with E-state index in [-0.39, 0.29) is 23.1 Å². The summed E-state index contributed by atoms with van der Waals surface area (Å²) in [5, 5.41) is 2.51. The van der Waals surface area contributed by atoms with Crippen molar-refractivity contribution in [3.05, 3.63) is 0 Å². The zero-order valence-corrected chi connectivity index (χ0v) is 9.79. The highest BCUT2D eigenvalue weighted by Crippen LogP contribution is 2.62. The van der Waals surface area contributed by atoms with E-state index in [0.29, 0.717) is 12.3 Å². The number of imide groups is 1. The van der Waals surface area contributed by atoms with Crippen molar-refractivity contribution in [1.29, 1.82) is 0 Å². The van der Waals surface area contributed by atoms with Gasteiger partial charge in [0, 0.05) is 12.3 Å². The molecule has 0 aromatic carbocycles. The molecule has 3 rings (SSSR count). The fourth-order valence-corrected chi connectivity index (χ4v) is 4.67. The lowest BCUT2D eigenvalue weighted by Crippen LogP contribution is -2.54. The molecule has 2 bridgehead atoms. The van der Waals surface area contributed by atoms with Crippen molar-refractivity contribution in [3.63, 3.8) is 0 Å². The monoisotopic (exact) mass is 221 g/mol. The quantitative estimate of drug-likeness (QED) is 0.687. The maximum atomic E-state index is 11.9. The zero-order chi connectivity index (χ0) is 11.3. The Hall–Kier alpha value is -0.860. The summed E-state index contributed by atoms with van der Waals surface area (Å²) >= 11 is 0. The lowest BCUT2D eigenvalue weighted by molar-refractivity contribution is -0.146. The highest BCUT2D eigenvalue weighted by molar-refractivity contribution is 5.99. The second kappa shape index (κ2) is 3.31. The molecule has 0 radical (unpaired) electrons. The van der Waals surface area contributed by atoms with Crippen LogP contribution in [0.5, 0.6) is 0 Å². The predicted molar refractivity (Wildman–Crippen MR) is 59.4 cm³/mol. The molecule has 88 valence electrons. The van der Waals surface area contributed by atoms with Crippen molar-refractivity contribution in [1.82, 2.24) is 5.32 Å². The third-order valence-electron chi connectivity index (χ3n) is 5.19. The summed E-state index contributed by atoms with van der Waals surface area (Å²) in [4.78, 5) is 23.6. The van der Waals surface area contributed by atoms with Crippen molar-refractivity contribution >= 4 is 11.8 Å². The minimum atomic E-state index is -0.0396. The van der Waals surface area contributed by atoms with Crippen molar-refractivity contribution in [2.24, 2.45) is 23.2 Å². The summed E-state index contributed by atoms with van der Waals surface area (Å²) in [7, 11) is 0. The van der Waals surface area contributed by atoms with E-state index in [0.717, 1.165) is 18.8 Å². The molecular formula is C13H19NO2. The van der Waals surface area contributed by atoms with E-state index in [1.54, 1.807) is 0 Å². The number of rotatable bonds is 1. The van der Waals surface area contributed by atoms with Crippen LogP contribution in [-0.2, 0) is 9.59 Å². The number of fused-ring (bicyclic) bond motifs is 3. The molecule has 0 aromatic heterocycles. The van der Waals surface area contributed by atoms with E-state index in [9.17, 15) is 9.59 Å². The Morgan fingerprint density at radius 1 is 1.38 bits per heavy atom. The molecular weight excluding hydrogens is 202 g/mol. The maximum absolute atomic E-state index is 11.9. The Morgan fingerprint density at radius 2 is 2.19 bits per heavy atom. The summed E-state index contributed by atoms with van der Waals surface area (Å²) < 4.78 is 0. The lowest BCUT2D eigenvalue weighted by atomic mass is 9.60. The number of piperidine rings is 1. The van der Waals surface area contributed by atoms with Crippen molar-refractivity contribution in [2.75, 3.05) is 0 Å². The molecule has 2 amide bonds. The molecule has 2 aliphatic carbocycles. The van der Waals surface area contributed by atoms with Crippen LogP contribution in [0.25, 0.3) is 0 Å². The molecule has 3 fully saturated rings.